The number of nitrogens with zero attached hydrogens (tertiary/aromatic N) is 6. The number of nitrogens with one attached hydrogen (secondary N) is 3. The van der Waals surface area contributed by atoms with Crippen molar-refractivity contribution in [3.05, 3.63) is 108 Å². The molecule has 8 aliphatic rings. The summed E-state index contributed by atoms with van der Waals surface area (Å²) in [5.74, 6) is -3.81. The average Bonchev–Trinajstić information content (AvgIpc) is 1.62. The van der Waals surface area contributed by atoms with Crippen LogP contribution in [0.25, 0.3) is 0 Å². The first kappa shape index (κ1) is 98.1. The summed E-state index contributed by atoms with van der Waals surface area (Å²) in [7, 11) is 8.72. The van der Waals surface area contributed by atoms with Gasteiger partial charge in [-0.2, -0.15) is 0 Å². The van der Waals surface area contributed by atoms with E-state index in [1.165, 1.54) is 76.9 Å². The first-order valence-electron chi connectivity index (χ1n) is 42.9. The molecule has 678 valence electrons. The molecule has 4 aromatic carbocycles. The Kier molecular flexibility index (Phi) is 32.0. The van der Waals surface area contributed by atoms with Crippen molar-refractivity contribution in [1.29, 1.82) is 0 Å². The van der Waals surface area contributed by atoms with Crippen LogP contribution < -0.4 is 27.4 Å². The molecule has 14 atom stereocenters. The molecule has 0 bridgehead atoms. The van der Waals surface area contributed by atoms with Crippen molar-refractivity contribution in [2.75, 3.05) is 51.2 Å². The summed E-state index contributed by atoms with van der Waals surface area (Å²) in [6.07, 6.45) is -0.339. The van der Waals surface area contributed by atoms with Crippen LogP contribution in [-0.2, 0) is 89.2 Å². The number of rotatable bonds is 23. The number of para-hydroxylation sites is 2. The van der Waals surface area contributed by atoms with Gasteiger partial charge in [-0.05, 0) is 170 Å². The molecule has 0 radical (unpaired) electrons. The smallest absolute Gasteiger partial charge is 0.410 e. The predicted molar refractivity (Wildman–Crippen MR) is 477 cm³/mol. The molecule has 8 aliphatic heterocycles. The third-order valence-corrected chi connectivity index (χ3v) is 29.1. The summed E-state index contributed by atoms with van der Waals surface area (Å²) in [5, 5.41) is 8.99. The lowest BCUT2D eigenvalue weighted by Crippen LogP contribution is -2.57. The van der Waals surface area contributed by atoms with E-state index in [9.17, 15) is 57.5 Å². The highest BCUT2D eigenvalue weighted by atomic mass is 33.1. The van der Waals surface area contributed by atoms with Gasteiger partial charge in [0.15, 0.2) is 17.3 Å². The summed E-state index contributed by atoms with van der Waals surface area (Å²) in [6.45, 7) is 34.4. The van der Waals surface area contributed by atoms with Gasteiger partial charge in [-0.3, -0.25) is 52.8 Å². The zero-order chi connectivity index (χ0) is 91.2. The second-order valence-corrected chi connectivity index (χ2v) is 42.2. The Hall–Kier alpha value is -8.12. The van der Waals surface area contributed by atoms with Gasteiger partial charge in [0.05, 0.1) is 61.4 Å². The lowest BCUT2D eigenvalue weighted by Gasteiger charge is -2.34. The van der Waals surface area contributed by atoms with E-state index in [2.05, 4.69) is 16.0 Å². The molecule has 8 fully saturated rings. The number of ether oxygens (including phenoxy) is 6. The molecule has 0 saturated carbocycles. The fraction of sp³-hybridized carbons (Fsp3) is 0.604. The summed E-state index contributed by atoms with van der Waals surface area (Å²) in [6, 6.07) is 22.7. The summed E-state index contributed by atoms with van der Waals surface area (Å²) in [4.78, 5) is 177. The number of carbonyl (C=O) groups excluding carboxylic acids is 12. The Morgan fingerprint density at radius 2 is 0.782 bits per heavy atom. The molecular weight excluding hydrogens is 1660 g/mol. The molecule has 4 aromatic rings. The minimum absolute atomic E-state index is 0.0126. The number of nitrogens with two attached hydrogens (primary N) is 2. The first-order chi connectivity index (χ1) is 58.2. The van der Waals surface area contributed by atoms with Crippen molar-refractivity contribution in [3.63, 3.8) is 0 Å². The largest absolute Gasteiger partial charge is 0.444 e. The standard InChI is InChI=1S/C54H76N6O12S2.C35H45N5O6S2.C2H6/c1-31(57(13)49(67)71-51(3,4)5)37(61)28-34-23-25-69-41-29-53(9,10)43(59(41)47(34)65)38(62)27-33-19-15-17-21-39(33)73-74-40-22-18-16-20-35(40)55-46(64)44-54(11,12)30-42-60(44)48(66)36(24-26-70-42)56-45(63)32(2)58(14)50(68)72-52(6,7)8;1-34(2)18-27-39(32(43)21(36)13-15-45-27)29(34)24(41)17-20-9-5-7-11-25(20)47-48-26-12-8-6-10-23(26)38-31(42)30-35(3,4)19-28-40(30)33(44)22(37)14-16-46-28;1-2/h15-22,31-32,34,36,41-44H,23-30H2,1-14H3,(H,55,64)(H,56,63);5-12,21-22,27-30H,13-19,36-37H2,1-4H3,(H,38,42);1-2H3/t31-,32-,34+,36-,41-,42-,43?,44?;21-,22-,27-,28-,29?,30?;/m00./s1. The zero-order valence-corrected chi connectivity index (χ0v) is 78.5. The predicted octanol–water partition coefficient (Wildman–Crippen LogP) is 12.8. The van der Waals surface area contributed by atoms with Gasteiger partial charge in [0.2, 0.25) is 41.4 Å². The van der Waals surface area contributed by atoms with E-state index in [0.29, 0.717) is 74.4 Å². The maximum atomic E-state index is 14.7. The van der Waals surface area contributed by atoms with Gasteiger partial charge in [0, 0.05) is 71.9 Å². The van der Waals surface area contributed by atoms with Crippen LogP contribution in [0.4, 0.5) is 21.0 Å². The van der Waals surface area contributed by atoms with Crippen LogP contribution in [0.1, 0.15) is 194 Å². The highest BCUT2D eigenvalue weighted by Crippen LogP contribution is 2.51. The minimum Gasteiger partial charge on any atom is -0.444 e. The third kappa shape index (κ3) is 22.9. The Morgan fingerprint density at radius 3 is 1.19 bits per heavy atom. The third-order valence-electron chi connectivity index (χ3n) is 24.0. The maximum absolute atomic E-state index is 14.7. The molecule has 8 saturated heterocycles. The molecule has 7 N–H and O–H groups in total. The molecule has 33 heteroatoms. The highest BCUT2D eigenvalue weighted by molar-refractivity contribution is 8.77. The van der Waals surface area contributed by atoms with Crippen molar-refractivity contribution >= 4 is 125 Å². The topological polar surface area (TPSA) is 368 Å². The van der Waals surface area contributed by atoms with Gasteiger partial charge in [-0.1, -0.05) is 173 Å². The molecule has 124 heavy (non-hydrogen) atoms. The number of likely N-dealkylation sites (N-methyl/N-ethyl adjacent to an activating group) is 2. The van der Waals surface area contributed by atoms with E-state index >= 15 is 0 Å². The lowest BCUT2D eigenvalue weighted by atomic mass is 9.80. The number of ketones is 3. The Bertz CT molecular complexity index is 4330. The minimum atomic E-state index is -1.01. The Morgan fingerprint density at radius 1 is 0.460 bits per heavy atom. The van der Waals surface area contributed by atoms with Crippen LogP contribution in [0, 0.1) is 27.6 Å². The molecule has 29 nitrogen and oxygen atoms in total. The maximum Gasteiger partial charge on any atom is 0.410 e. The summed E-state index contributed by atoms with van der Waals surface area (Å²) < 4.78 is 35.2. The van der Waals surface area contributed by atoms with Crippen LogP contribution in [0.15, 0.2) is 117 Å². The van der Waals surface area contributed by atoms with Gasteiger partial charge < -0.3 is 80.3 Å². The van der Waals surface area contributed by atoms with Crippen LogP contribution >= 0.6 is 43.2 Å². The van der Waals surface area contributed by atoms with Crippen LogP contribution in [0.3, 0.4) is 0 Å². The van der Waals surface area contributed by atoms with Crippen molar-refractivity contribution < 1.29 is 86.0 Å². The van der Waals surface area contributed by atoms with Crippen molar-refractivity contribution in [1.82, 2.24) is 34.7 Å². The SMILES string of the molecule is CC.CC1(C)C[C@@H]2OCC[C@H](N)C(=O)N2C1C(=O)Cc1ccccc1SSc1ccccc1NC(=O)C1N2C(=O)[C@@H](N)CCO[C@H]2CC1(C)C.C[C@@H](C(=O)C[C@H]1CCO[C@H]2CC(C)(C)C(C(=O)Cc3ccccc3SSc3ccccc3NC(=O)C3N4C(=O)[C@@H](NC(=O)[C@H](C)N(C)C(=O)OC(C)(C)C)CCO[C@H]4CC3(C)C)N2C1=O)N(C)C(=O)OC(C)(C)C. The van der Waals surface area contributed by atoms with Crippen LogP contribution in [0.5, 0.6) is 0 Å². The Labute approximate surface area is 745 Å². The van der Waals surface area contributed by atoms with Crippen molar-refractivity contribution in [2.45, 2.75) is 305 Å². The Balaban J connectivity index is 0.000000276. The number of anilines is 2. The fourth-order valence-electron chi connectivity index (χ4n) is 17.5. The molecule has 0 aliphatic carbocycles. The quantitative estimate of drug-likeness (QED) is 0.0431. The number of hydrogen-bond donors (Lipinski definition) is 5. The van der Waals surface area contributed by atoms with Gasteiger partial charge in [0.1, 0.15) is 60.3 Å². The van der Waals surface area contributed by atoms with Gasteiger partial charge in [-0.25, -0.2) is 9.59 Å². The van der Waals surface area contributed by atoms with E-state index in [0.717, 1.165) is 25.8 Å². The molecule has 0 spiro atoms. The molecular formula is C91H127N11O18S4. The second-order valence-electron chi connectivity index (χ2n) is 37.8. The van der Waals surface area contributed by atoms with E-state index in [1.54, 1.807) is 77.3 Å². The van der Waals surface area contributed by atoms with Crippen LogP contribution in [-0.4, -0.2) is 231 Å². The molecule has 12 rings (SSSR count). The second kappa shape index (κ2) is 40.5. The molecule has 8 heterocycles. The van der Waals surface area contributed by atoms with Crippen LogP contribution in [0.2, 0.25) is 0 Å². The fourth-order valence-corrected chi connectivity index (χ4v) is 22.2. The number of benzene rings is 4. The van der Waals surface area contributed by atoms with E-state index in [-0.39, 0.29) is 79.9 Å². The highest BCUT2D eigenvalue weighted by Gasteiger charge is 2.59. The molecule has 0 aromatic heterocycles. The number of carbonyl (C=O) groups is 12. The van der Waals surface area contributed by atoms with Gasteiger partial charge in [0.25, 0.3) is 0 Å². The normalized spacial score (nSPS) is 26.0. The van der Waals surface area contributed by atoms with Crippen molar-refractivity contribution in [3.8, 4) is 0 Å². The number of fused-ring (bicyclic) bond motifs is 4. The molecule has 9 amide bonds. The number of hydrogen-bond acceptors (Lipinski definition) is 24. The van der Waals surface area contributed by atoms with Gasteiger partial charge >= 0.3 is 12.2 Å². The van der Waals surface area contributed by atoms with E-state index in [1.807, 2.05) is 154 Å². The summed E-state index contributed by atoms with van der Waals surface area (Å²) in [5.41, 5.74) is 11.1. The molecule has 4 unspecified atom stereocenters. The summed E-state index contributed by atoms with van der Waals surface area (Å²) >= 11 is 0. The lowest BCUT2D eigenvalue weighted by molar-refractivity contribution is -0.150. The van der Waals surface area contributed by atoms with E-state index in [4.69, 9.17) is 39.9 Å². The van der Waals surface area contributed by atoms with Gasteiger partial charge in [-0.15, -0.1) is 0 Å². The van der Waals surface area contributed by atoms with E-state index < -0.39 is 148 Å². The number of Topliss-reactive ketones (excluding diaryl/α,β-unsaturated/α-hetero) is 3. The zero-order valence-electron chi connectivity index (χ0n) is 75.2. The first-order valence-corrected chi connectivity index (χ1v) is 47.2. The van der Waals surface area contributed by atoms with Crippen molar-refractivity contribution in [2.24, 2.45) is 39.0 Å². The average molecular weight is 1790 g/mol. The number of amides is 9. The monoisotopic (exact) mass is 1790 g/mol.